The van der Waals surface area contributed by atoms with Crippen LogP contribution in [0.1, 0.15) is 12.5 Å². The second-order valence-electron chi connectivity index (χ2n) is 2.64. The maximum absolute atomic E-state index is 10.6. The van der Waals surface area contributed by atoms with Gasteiger partial charge in [0.05, 0.1) is 0 Å². The van der Waals surface area contributed by atoms with Crippen LogP contribution in [0, 0.1) is 0 Å². The molecule has 1 aromatic carbocycles. The third-order valence-electron chi connectivity index (χ3n) is 1.63. The smallest absolute Gasteiger partial charge is 0.245 e. The molecule has 0 saturated heterocycles. The van der Waals surface area contributed by atoms with Crippen LogP contribution in [0.2, 0.25) is 5.02 Å². The van der Waals surface area contributed by atoms with E-state index in [0.717, 1.165) is 11.1 Å². The van der Waals surface area contributed by atoms with Crippen LogP contribution in [0.4, 0.5) is 0 Å². The van der Waals surface area contributed by atoms with Gasteiger partial charge in [0.1, 0.15) is 0 Å². The first-order valence-corrected chi connectivity index (χ1v) is 4.49. The van der Waals surface area contributed by atoms with Gasteiger partial charge in [0, 0.05) is 11.1 Å². The molecule has 0 aliphatic carbocycles. The summed E-state index contributed by atoms with van der Waals surface area (Å²) in [6, 6.07) is 7.22. The summed E-state index contributed by atoms with van der Waals surface area (Å²) in [4.78, 5) is 10.6. The van der Waals surface area contributed by atoms with Gasteiger partial charge >= 0.3 is 0 Å². The van der Waals surface area contributed by atoms with Crippen molar-refractivity contribution >= 4 is 34.0 Å². The van der Waals surface area contributed by atoms with Crippen LogP contribution in [-0.2, 0) is 4.79 Å². The Kier molecular flexibility index (Phi) is 3.52. The van der Waals surface area contributed by atoms with E-state index in [-0.39, 0.29) is 0 Å². The molecule has 1 aromatic rings. The molecule has 13 heavy (non-hydrogen) atoms. The van der Waals surface area contributed by atoms with Crippen molar-refractivity contribution in [3.05, 3.63) is 40.9 Å². The van der Waals surface area contributed by atoms with Crippen molar-refractivity contribution in [1.82, 2.24) is 0 Å². The summed E-state index contributed by atoms with van der Waals surface area (Å²) in [7, 11) is 0. The Labute approximate surface area is 87.0 Å². The number of hydrogen-bond donors (Lipinski definition) is 0. The van der Waals surface area contributed by atoms with Gasteiger partial charge < -0.3 is 0 Å². The van der Waals surface area contributed by atoms with Gasteiger partial charge in [-0.15, -0.1) is 0 Å². The van der Waals surface area contributed by atoms with Crippen LogP contribution in [-0.4, -0.2) is 5.24 Å². The Morgan fingerprint density at radius 3 is 2.31 bits per heavy atom. The summed E-state index contributed by atoms with van der Waals surface area (Å²) >= 11 is 10.9. The van der Waals surface area contributed by atoms with Crippen molar-refractivity contribution in [3.63, 3.8) is 0 Å². The first-order valence-electron chi connectivity index (χ1n) is 3.73. The molecule has 0 radical (unpaired) electrons. The highest BCUT2D eigenvalue weighted by Crippen LogP contribution is 2.17. The monoisotopic (exact) mass is 214 g/mol. The minimum absolute atomic E-state index is 0.465. The van der Waals surface area contributed by atoms with Gasteiger partial charge in [-0.3, -0.25) is 4.79 Å². The van der Waals surface area contributed by atoms with Crippen LogP contribution in [0.15, 0.2) is 30.3 Å². The number of halogens is 2. The van der Waals surface area contributed by atoms with Gasteiger partial charge in [-0.1, -0.05) is 23.7 Å². The first-order chi connectivity index (χ1) is 6.09. The topological polar surface area (TPSA) is 17.1 Å². The second kappa shape index (κ2) is 4.45. The third kappa shape index (κ3) is 3.21. The van der Waals surface area contributed by atoms with Crippen molar-refractivity contribution in [2.45, 2.75) is 6.92 Å². The average molecular weight is 215 g/mol. The van der Waals surface area contributed by atoms with Crippen molar-refractivity contribution in [2.75, 3.05) is 0 Å². The molecule has 0 aliphatic heterocycles. The fourth-order valence-electron chi connectivity index (χ4n) is 0.966. The van der Waals surface area contributed by atoms with Gasteiger partial charge in [-0.25, -0.2) is 0 Å². The zero-order chi connectivity index (χ0) is 9.84. The molecule has 0 heterocycles. The minimum Gasteiger partial charge on any atom is -0.276 e. The van der Waals surface area contributed by atoms with Gasteiger partial charge in [-0.05, 0) is 41.8 Å². The molecule has 3 heteroatoms. The lowest BCUT2D eigenvalue weighted by atomic mass is 10.1. The van der Waals surface area contributed by atoms with E-state index in [1.807, 2.05) is 19.1 Å². The molecule has 1 nitrogen and oxygen atoms in total. The fraction of sp³-hybridized carbons (Fsp3) is 0.100. The zero-order valence-electron chi connectivity index (χ0n) is 7.05. The van der Waals surface area contributed by atoms with E-state index in [9.17, 15) is 4.79 Å². The Morgan fingerprint density at radius 2 is 1.85 bits per heavy atom. The maximum atomic E-state index is 10.6. The minimum atomic E-state index is -0.465. The van der Waals surface area contributed by atoms with Crippen LogP contribution >= 0.6 is 23.2 Å². The molecule has 0 amide bonds. The average Bonchev–Trinajstić information content (AvgIpc) is 2.04. The van der Waals surface area contributed by atoms with Gasteiger partial charge in [0.25, 0.3) is 0 Å². The first kappa shape index (κ1) is 10.3. The summed E-state index contributed by atoms with van der Waals surface area (Å²) in [5.74, 6) is 0. The SMILES string of the molecule is C/C(=C/C(=O)Cl)c1ccc(Cl)cc1. The molecule has 0 spiro atoms. The summed E-state index contributed by atoms with van der Waals surface area (Å²) in [6.45, 7) is 1.82. The standard InChI is InChI=1S/C10H8Cl2O/c1-7(6-10(12)13)8-2-4-9(11)5-3-8/h2-6H,1H3/b7-6-. The van der Waals surface area contributed by atoms with Crippen LogP contribution in [0.25, 0.3) is 5.57 Å². The zero-order valence-corrected chi connectivity index (χ0v) is 8.56. The van der Waals surface area contributed by atoms with Crippen molar-refractivity contribution in [2.24, 2.45) is 0 Å². The summed E-state index contributed by atoms with van der Waals surface area (Å²) in [6.07, 6.45) is 1.38. The molecule has 0 bridgehead atoms. The molecule has 0 saturated carbocycles. The van der Waals surface area contributed by atoms with E-state index in [1.54, 1.807) is 12.1 Å². The lowest BCUT2D eigenvalue weighted by Crippen LogP contribution is -1.83. The number of benzene rings is 1. The fourth-order valence-corrected chi connectivity index (χ4v) is 1.26. The van der Waals surface area contributed by atoms with Gasteiger partial charge in [0.15, 0.2) is 0 Å². The molecule has 0 unspecified atom stereocenters. The molecule has 0 fully saturated rings. The highest BCUT2D eigenvalue weighted by atomic mass is 35.5. The van der Waals surface area contributed by atoms with E-state index in [4.69, 9.17) is 23.2 Å². The predicted molar refractivity (Wildman–Crippen MR) is 56.0 cm³/mol. The molecule has 0 atom stereocenters. The molecular formula is C10H8Cl2O. The third-order valence-corrected chi connectivity index (χ3v) is 1.99. The highest BCUT2D eigenvalue weighted by Gasteiger charge is 1.97. The summed E-state index contributed by atoms with van der Waals surface area (Å²) < 4.78 is 0. The van der Waals surface area contributed by atoms with Crippen molar-refractivity contribution in [1.29, 1.82) is 0 Å². The molecule has 68 valence electrons. The van der Waals surface area contributed by atoms with Crippen LogP contribution in [0.5, 0.6) is 0 Å². The van der Waals surface area contributed by atoms with Crippen LogP contribution in [0.3, 0.4) is 0 Å². The number of carbonyl (C=O) groups is 1. The van der Waals surface area contributed by atoms with Crippen LogP contribution < -0.4 is 0 Å². The van der Waals surface area contributed by atoms with E-state index in [0.29, 0.717) is 5.02 Å². The Morgan fingerprint density at radius 1 is 1.31 bits per heavy atom. The normalized spacial score (nSPS) is 11.5. The number of carbonyl (C=O) groups excluding carboxylic acids is 1. The summed E-state index contributed by atoms with van der Waals surface area (Å²) in [5, 5.41) is 0.209. The largest absolute Gasteiger partial charge is 0.276 e. The van der Waals surface area contributed by atoms with Gasteiger partial charge in [-0.2, -0.15) is 0 Å². The Bertz CT molecular complexity index is 338. The lowest BCUT2D eigenvalue weighted by Gasteiger charge is -1.99. The summed E-state index contributed by atoms with van der Waals surface area (Å²) in [5.41, 5.74) is 1.77. The molecule has 0 aromatic heterocycles. The number of allylic oxidation sites excluding steroid dienone is 2. The van der Waals surface area contributed by atoms with Crippen molar-refractivity contribution in [3.8, 4) is 0 Å². The van der Waals surface area contributed by atoms with Gasteiger partial charge in [0.2, 0.25) is 5.24 Å². The molecule has 0 aliphatic rings. The molecular weight excluding hydrogens is 207 g/mol. The quantitative estimate of drug-likeness (QED) is 0.545. The van der Waals surface area contributed by atoms with E-state index in [1.165, 1.54) is 6.08 Å². The highest BCUT2D eigenvalue weighted by molar-refractivity contribution is 6.67. The Balaban J connectivity index is 2.96. The molecule has 0 N–H and O–H groups in total. The molecule has 1 rings (SSSR count). The maximum Gasteiger partial charge on any atom is 0.245 e. The lowest BCUT2D eigenvalue weighted by molar-refractivity contribution is -0.107. The van der Waals surface area contributed by atoms with E-state index >= 15 is 0 Å². The number of hydrogen-bond acceptors (Lipinski definition) is 1. The van der Waals surface area contributed by atoms with E-state index < -0.39 is 5.24 Å². The van der Waals surface area contributed by atoms with E-state index in [2.05, 4.69) is 0 Å². The number of rotatable bonds is 2. The Hall–Kier alpha value is -0.790. The van der Waals surface area contributed by atoms with Crippen molar-refractivity contribution < 1.29 is 4.79 Å². The predicted octanol–water partition coefficient (Wildman–Crippen LogP) is 3.51. The second-order valence-corrected chi connectivity index (χ2v) is 3.45.